The molecule has 1 aromatic carbocycles. The maximum Gasteiger partial charge on any atom is 0.356 e. The molecule has 0 aliphatic heterocycles. The number of anilines is 1. The number of aromatic nitrogens is 3. The van der Waals surface area contributed by atoms with Crippen LogP contribution >= 0.6 is 0 Å². The Morgan fingerprint density at radius 3 is 2.50 bits per heavy atom. The van der Waals surface area contributed by atoms with Crippen molar-refractivity contribution in [1.29, 1.82) is 0 Å². The van der Waals surface area contributed by atoms with E-state index in [4.69, 9.17) is 0 Å². The second-order valence-corrected chi connectivity index (χ2v) is 3.88. The van der Waals surface area contributed by atoms with Crippen LogP contribution in [0.4, 0.5) is 5.95 Å². The fourth-order valence-corrected chi connectivity index (χ4v) is 1.81. The maximum absolute atomic E-state index is 11.9. The highest BCUT2D eigenvalue weighted by atomic mass is 16.6. The third kappa shape index (κ3) is 2.23. The van der Waals surface area contributed by atoms with Crippen LogP contribution in [-0.4, -0.2) is 21.6 Å². The number of aryl methyl sites for hydroxylation is 2. The molecule has 2 aromatic rings. The first-order valence-corrected chi connectivity index (χ1v) is 5.44. The Bertz CT molecular complexity index is 601. The van der Waals surface area contributed by atoms with Gasteiger partial charge in [-0.1, -0.05) is 18.2 Å². The minimum atomic E-state index is -0.401. The van der Waals surface area contributed by atoms with Gasteiger partial charge in [-0.05, 0) is 25.0 Å². The molecule has 0 fully saturated rings. The Hall–Kier alpha value is -2.21. The maximum atomic E-state index is 11.9. The summed E-state index contributed by atoms with van der Waals surface area (Å²) in [5.41, 5.74) is 4.82. The highest BCUT2D eigenvalue weighted by Crippen LogP contribution is 2.16. The van der Waals surface area contributed by atoms with Crippen LogP contribution < -0.4 is 11.2 Å². The first-order valence-electron chi connectivity index (χ1n) is 5.44. The quantitative estimate of drug-likeness (QED) is 0.824. The van der Waals surface area contributed by atoms with E-state index in [-0.39, 0.29) is 5.95 Å². The van der Waals surface area contributed by atoms with Crippen molar-refractivity contribution < 1.29 is 4.84 Å². The van der Waals surface area contributed by atoms with E-state index in [9.17, 15) is 4.79 Å². The summed E-state index contributed by atoms with van der Waals surface area (Å²) in [5, 5.41) is 0. The molecule has 0 bridgehead atoms. The molecule has 0 aliphatic rings. The number of rotatable bonds is 3. The minimum absolute atomic E-state index is 0.144. The molecule has 94 valence electrons. The van der Waals surface area contributed by atoms with Crippen molar-refractivity contribution in [2.75, 3.05) is 12.6 Å². The van der Waals surface area contributed by atoms with Crippen molar-refractivity contribution in [3.05, 3.63) is 46.1 Å². The molecule has 0 radical (unpaired) electrons. The van der Waals surface area contributed by atoms with E-state index >= 15 is 0 Å². The average molecular weight is 246 g/mol. The molecule has 0 amide bonds. The summed E-state index contributed by atoms with van der Waals surface area (Å²) in [6.07, 6.45) is 1.44. The predicted molar refractivity (Wildman–Crippen MR) is 67.7 cm³/mol. The SMILES string of the molecule is CONc1ncn(-c2c(C)cccc2C)c(=O)n1. The van der Waals surface area contributed by atoms with Gasteiger partial charge in [-0.15, -0.1) is 0 Å². The number of nitrogens with one attached hydrogen (secondary N) is 1. The van der Waals surface area contributed by atoms with Crippen molar-refractivity contribution in [3.63, 3.8) is 0 Å². The number of benzene rings is 1. The Kier molecular flexibility index (Phi) is 3.38. The molecule has 0 unspecified atom stereocenters. The van der Waals surface area contributed by atoms with E-state index in [0.29, 0.717) is 0 Å². The summed E-state index contributed by atoms with van der Waals surface area (Å²) in [4.78, 5) is 24.4. The molecule has 6 nitrogen and oxygen atoms in total. The molecule has 6 heteroatoms. The Morgan fingerprint density at radius 1 is 1.28 bits per heavy atom. The summed E-state index contributed by atoms with van der Waals surface area (Å²) >= 11 is 0. The lowest BCUT2D eigenvalue weighted by Gasteiger charge is -2.11. The van der Waals surface area contributed by atoms with Gasteiger partial charge in [0.05, 0.1) is 12.8 Å². The molecular weight excluding hydrogens is 232 g/mol. The fraction of sp³-hybridized carbons (Fsp3) is 0.250. The smallest absolute Gasteiger partial charge is 0.277 e. The van der Waals surface area contributed by atoms with Crippen LogP contribution in [0.3, 0.4) is 0 Å². The van der Waals surface area contributed by atoms with Crippen LogP contribution in [0, 0.1) is 13.8 Å². The molecule has 1 N–H and O–H groups in total. The fourth-order valence-electron chi connectivity index (χ4n) is 1.81. The van der Waals surface area contributed by atoms with Crippen LogP contribution in [0.5, 0.6) is 0 Å². The average Bonchev–Trinajstić information content (AvgIpc) is 2.32. The van der Waals surface area contributed by atoms with Gasteiger partial charge >= 0.3 is 5.69 Å². The van der Waals surface area contributed by atoms with E-state index in [0.717, 1.165) is 16.8 Å². The van der Waals surface area contributed by atoms with E-state index < -0.39 is 5.69 Å². The van der Waals surface area contributed by atoms with E-state index in [1.54, 1.807) is 0 Å². The van der Waals surface area contributed by atoms with Gasteiger partial charge in [-0.2, -0.15) is 4.98 Å². The van der Waals surface area contributed by atoms with Gasteiger partial charge in [0.15, 0.2) is 0 Å². The van der Waals surface area contributed by atoms with Crippen molar-refractivity contribution in [2.24, 2.45) is 0 Å². The third-order valence-electron chi connectivity index (χ3n) is 2.58. The lowest BCUT2D eigenvalue weighted by Crippen LogP contribution is -2.24. The summed E-state index contributed by atoms with van der Waals surface area (Å²) in [5.74, 6) is 0.144. The minimum Gasteiger partial charge on any atom is -0.277 e. The second-order valence-electron chi connectivity index (χ2n) is 3.88. The van der Waals surface area contributed by atoms with Gasteiger partial charge in [0, 0.05) is 0 Å². The molecule has 0 saturated carbocycles. The van der Waals surface area contributed by atoms with E-state index in [1.165, 1.54) is 18.0 Å². The molecule has 2 rings (SSSR count). The first-order chi connectivity index (χ1) is 8.63. The Morgan fingerprint density at radius 2 is 1.94 bits per heavy atom. The van der Waals surface area contributed by atoms with Gasteiger partial charge < -0.3 is 0 Å². The lowest BCUT2D eigenvalue weighted by atomic mass is 10.1. The van der Waals surface area contributed by atoms with Gasteiger partial charge in [0.1, 0.15) is 6.33 Å². The van der Waals surface area contributed by atoms with Gasteiger partial charge in [0.2, 0.25) is 0 Å². The lowest BCUT2D eigenvalue weighted by molar-refractivity contribution is 0.266. The molecule has 0 spiro atoms. The largest absolute Gasteiger partial charge is 0.356 e. The van der Waals surface area contributed by atoms with Crippen LogP contribution in [0.15, 0.2) is 29.3 Å². The molecule has 1 heterocycles. The van der Waals surface area contributed by atoms with E-state index in [1.807, 2.05) is 32.0 Å². The Balaban J connectivity index is 2.55. The van der Waals surface area contributed by atoms with Crippen molar-refractivity contribution in [1.82, 2.24) is 14.5 Å². The standard InChI is InChI=1S/C12H14N4O2/c1-8-5-4-6-9(2)10(8)16-7-13-11(15-18-3)14-12(16)17/h4-7H,1-3H3,(H,14,15,17). The Labute approximate surface area is 104 Å². The zero-order chi connectivity index (χ0) is 13.1. The zero-order valence-electron chi connectivity index (χ0n) is 10.5. The summed E-state index contributed by atoms with van der Waals surface area (Å²) in [7, 11) is 1.43. The first kappa shape index (κ1) is 12.3. The normalized spacial score (nSPS) is 10.4. The summed E-state index contributed by atoms with van der Waals surface area (Å²) in [6, 6.07) is 5.83. The van der Waals surface area contributed by atoms with Gasteiger partial charge in [0.25, 0.3) is 5.95 Å². The molecule has 0 saturated heterocycles. The summed E-state index contributed by atoms with van der Waals surface area (Å²) < 4.78 is 1.42. The van der Waals surface area contributed by atoms with Crippen LogP contribution in [-0.2, 0) is 4.84 Å². The highest BCUT2D eigenvalue weighted by Gasteiger charge is 2.08. The number of hydrogen-bond acceptors (Lipinski definition) is 5. The summed E-state index contributed by atoms with van der Waals surface area (Å²) in [6.45, 7) is 3.88. The van der Waals surface area contributed by atoms with Crippen LogP contribution in [0.25, 0.3) is 5.69 Å². The number of nitrogens with zero attached hydrogens (tertiary/aromatic N) is 3. The van der Waals surface area contributed by atoms with Crippen molar-refractivity contribution >= 4 is 5.95 Å². The predicted octanol–water partition coefficient (Wildman–Crippen LogP) is 1.22. The van der Waals surface area contributed by atoms with E-state index in [2.05, 4.69) is 20.3 Å². The van der Waals surface area contributed by atoms with Crippen LogP contribution in [0.2, 0.25) is 0 Å². The molecule has 18 heavy (non-hydrogen) atoms. The molecule has 0 atom stereocenters. The van der Waals surface area contributed by atoms with Gasteiger partial charge in [-0.3, -0.25) is 9.40 Å². The second kappa shape index (κ2) is 4.97. The van der Waals surface area contributed by atoms with Crippen LogP contribution in [0.1, 0.15) is 11.1 Å². The molecule has 1 aromatic heterocycles. The topological polar surface area (TPSA) is 69.0 Å². The molecular formula is C12H14N4O2. The highest BCUT2D eigenvalue weighted by molar-refractivity contribution is 5.46. The monoisotopic (exact) mass is 246 g/mol. The zero-order valence-corrected chi connectivity index (χ0v) is 10.5. The van der Waals surface area contributed by atoms with Crippen molar-refractivity contribution in [2.45, 2.75) is 13.8 Å². The number of para-hydroxylation sites is 1. The third-order valence-corrected chi connectivity index (χ3v) is 2.58. The van der Waals surface area contributed by atoms with Crippen molar-refractivity contribution in [3.8, 4) is 5.69 Å². The molecule has 0 aliphatic carbocycles. The number of hydrogen-bond donors (Lipinski definition) is 1. The van der Waals surface area contributed by atoms with Gasteiger partial charge in [-0.25, -0.2) is 15.3 Å².